The second kappa shape index (κ2) is 20.5. The molecule has 0 radical (unpaired) electrons. The summed E-state index contributed by atoms with van der Waals surface area (Å²) in [5, 5.41) is 20.2. The summed E-state index contributed by atoms with van der Waals surface area (Å²) in [5.74, 6) is 1.07. The average Bonchev–Trinajstić information content (AvgIpc) is 3.31. The van der Waals surface area contributed by atoms with Crippen molar-refractivity contribution in [1.29, 1.82) is 5.26 Å². The van der Waals surface area contributed by atoms with Crippen LogP contribution in [0.5, 0.6) is 11.5 Å². The van der Waals surface area contributed by atoms with Gasteiger partial charge < -0.3 is 24.8 Å². The van der Waals surface area contributed by atoms with Crippen LogP contribution in [0.25, 0.3) is 11.1 Å². The summed E-state index contributed by atoms with van der Waals surface area (Å²) in [5.41, 5.74) is 9.42. The first-order valence-corrected chi connectivity index (χ1v) is 21.4. The van der Waals surface area contributed by atoms with Crippen LogP contribution in [-0.4, -0.2) is 47.9 Å². The van der Waals surface area contributed by atoms with Crippen molar-refractivity contribution >= 4 is 47.2 Å². The van der Waals surface area contributed by atoms with Crippen LogP contribution in [-0.2, 0) is 40.4 Å². The van der Waals surface area contributed by atoms with Gasteiger partial charge in [0.15, 0.2) is 0 Å². The summed E-state index contributed by atoms with van der Waals surface area (Å²) in [6.07, 6.45) is 1.17. The van der Waals surface area contributed by atoms with E-state index in [4.69, 9.17) is 47.8 Å². The van der Waals surface area contributed by atoms with E-state index in [0.717, 1.165) is 45.4 Å². The number of nitrogens with one attached hydrogen (secondary N) is 1. The Morgan fingerprint density at radius 2 is 1.57 bits per heavy atom. The van der Waals surface area contributed by atoms with Crippen molar-refractivity contribution in [3.8, 4) is 28.7 Å². The topological polar surface area (TPSA) is 132 Å². The summed E-state index contributed by atoms with van der Waals surface area (Å²) in [4.78, 5) is 40.4. The monoisotopic (exact) mass is 880 g/mol. The highest BCUT2D eigenvalue weighted by atomic mass is 35.5. The van der Waals surface area contributed by atoms with Gasteiger partial charge in [-0.1, -0.05) is 115 Å². The number of carbonyl (C=O) groups excluding carboxylic acids is 2. The lowest BCUT2D eigenvalue weighted by molar-refractivity contribution is -0.128. The molecule has 2 aliphatic heterocycles. The molecule has 0 aromatic heterocycles. The van der Waals surface area contributed by atoms with E-state index in [0.29, 0.717) is 70.9 Å². The Hall–Kier alpha value is -6.64. The Morgan fingerprint density at radius 3 is 2.22 bits per heavy atom. The molecule has 0 saturated carbocycles. The lowest BCUT2D eigenvalue weighted by Crippen LogP contribution is -2.51. The standard InChI is InChI=1S/C50H44Cl2N4O4.CH2O2/c1-3-44(37-7-5-4-6-8-37)56-30-40-28-47-45(55(2)50(58)48(60-47)38-18-20-41(21-19-38)59-31-34-13-22-42(51)43(52)25-34)26-39(40)27-46(56)49(57)54-24-23-32-9-14-35(15-10-32)36-16-11-33(29-53)12-17-36;2-1-3/h4-22,25-26,28,44,46,48H,3,23-24,27,30-31H2,1-2H3,(H,54,57);1H,(H,2,3). The number of rotatable bonds is 12. The van der Waals surface area contributed by atoms with Crippen LogP contribution in [0, 0.1) is 11.3 Å². The van der Waals surface area contributed by atoms with Gasteiger partial charge >= 0.3 is 0 Å². The number of fused-ring (bicyclic) bond motifs is 2. The van der Waals surface area contributed by atoms with Gasteiger partial charge in [-0.3, -0.25) is 19.3 Å². The molecule has 6 aromatic rings. The maximum Gasteiger partial charge on any atom is 0.290 e. The van der Waals surface area contributed by atoms with Crippen molar-refractivity contribution in [2.75, 3.05) is 18.5 Å². The quantitative estimate of drug-likeness (QED) is 0.116. The van der Waals surface area contributed by atoms with Gasteiger partial charge in [-0.05, 0) is 107 Å². The first kappa shape index (κ1) is 44.4. The largest absolute Gasteiger partial charge is 0.489 e. The van der Waals surface area contributed by atoms with E-state index in [2.05, 4.69) is 65.7 Å². The fourth-order valence-corrected chi connectivity index (χ4v) is 8.47. The SMILES string of the molecule is CCC(c1ccccc1)N1Cc2cc3c(cc2CC1C(=O)NCCc1ccc(-c2ccc(C#N)cc2)cc1)N(C)C(=O)C(c1ccc(OCc2ccc(Cl)c(Cl)c2)cc1)O3.O=CO. The molecular formula is C51H46Cl2N4O6. The van der Waals surface area contributed by atoms with Crippen LogP contribution >= 0.6 is 23.2 Å². The van der Waals surface area contributed by atoms with Gasteiger partial charge in [-0.15, -0.1) is 0 Å². The number of halogens is 2. The average molecular weight is 882 g/mol. The van der Waals surface area contributed by atoms with Gasteiger partial charge in [0, 0.05) is 31.7 Å². The zero-order chi connectivity index (χ0) is 44.5. The summed E-state index contributed by atoms with van der Waals surface area (Å²) in [6.45, 7) is 3.27. The minimum atomic E-state index is -0.831. The normalized spacial score (nSPS) is 15.9. The highest BCUT2D eigenvalue weighted by Gasteiger charge is 2.39. The molecule has 63 heavy (non-hydrogen) atoms. The second-order valence-corrected chi connectivity index (χ2v) is 16.2. The van der Waals surface area contributed by atoms with Crippen LogP contribution < -0.4 is 19.7 Å². The number of hydrogen-bond acceptors (Lipinski definition) is 7. The van der Waals surface area contributed by atoms with Crippen molar-refractivity contribution < 1.29 is 29.0 Å². The predicted octanol–water partition coefficient (Wildman–Crippen LogP) is 10.1. The van der Waals surface area contributed by atoms with Gasteiger partial charge in [0.05, 0.1) is 33.4 Å². The maximum absolute atomic E-state index is 14.2. The highest BCUT2D eigenvalue weighted by Crippen LogP contribution is 2.43. The van der Waals surface area contributed by atoms with E-state index < -0.39 is 12.1 Å². The molecule has 12 heteroatoms. The lowest BCUT2D eigenvalue weighted by atomic mass is 9.88. The van der Waals surface area contributed by atoms with Crippen LogP contribution in [0.2, 0.25) is 10.0 Å². The molecule has 2 heterocycles. The molecule has 0 aliphatic carbocycles. The third kappa shape index (κ3) is 10.4. The van der Waals surface area contributed by atoms with Crippen LogP contribution in [0.4, 0.5) is 5.69 Å². The first-order chi connectivity index (χ1) is 30.6. The second-order valence-electron chi connectivity index (χ2n) is 15.3. The van der Waals surface area contributed by atoms with E-state index in [1.54, 1.807) is 24.1 Å². The van der Waals surface area contributed by atoms with Crippen LogP contribution in [0.1, 0.15) is 64.4 Å². The fraction of sp³-hybridized carbons (Fsp3) is 0.216. The molecule has 10 nitrogen and oxygen atoms in total. The summed E-state index contributed by atoms with van der Waals surface area (Å²) >= 11 is 12.2. The van der Waals surface area contributed by atoms with Crippen molar-refractivity contribution in [2.45, 2.75) is 57.5 Å². The van der Waals surface area contributed by atoms with E-state index >= 15 is 0 Å². The van der Waals surface area contributed by atoms with E-state index in [9.17, 15) is 9.59 Å². The Kier molecular flexibility index (Phi) is 14.4. The summed E-state index contributed by atoms with van der Waals surface area (Å²) in [6, 6.07) is 44.8. The van der Waals surface area contributed by atoms with Gasteiger partial charge in [-0.2, -0.15) is 5.26 Å². The number of amides is 2. The Balaban J connectivity index is 0.00000193. The lowest BCUT2D eigenvalue weighted by Gasteiger charge is -2.42. The fourth-order valence-electron chi connectivity index (χ4n) is 8.15. The Bertz CT molecular complexity index is 2600. The molecule has 3 atom stereocenters. The van der Waals surface area contributed by atoms with Crippen LogP contribution in [0.15, 0.2) is 133 Å². The van der Waals surface area contributed by atoms with Crippen LogP contribution in [0.3, 0.4) is 0 Å². The third-order valence-electron chi connectivity index (χ3n) is 11.5. The zero-order valence-corrected chi connectivity index (χ0v) is 36.4. The number of likely N-dealkylation sites (N-methyl/N-ethyl adjacent to an activating group) is 1. The van der Waals surface area contributed by atoms with E-state index in [-0.39, 0.29) is 24.3 Å². The van der Waals surface area contributed by atoms with E-state index in [1.807, 2.05) is 78.9 Å². The number of anilines is 1. The van der Waals surface area contributed by atoms with Gasteiger partial charge in [0.2, 0.25) is 12.0 Å². The number of carboxylic acid groups (broad SMARTS) is 1. The number of hydrogen-bond donors (Lipinski definition) is 2. The summed E-state index contributed by atoms with van der Waals surface area (Å²) in [7, 11) is 1.77. The molecule has 0 spiro atoms. The van der Waals surface area contributed by atoms with Crippen molar-refractivity contribution in [2.24, 2.45) is 0 Å². The minimum absolute atomic E-state index is 0.0104. The minimum Gasteiger partial charge on any atom is -0.489 e. The molecule has 2 amide bonds. The van der Waals surface area contributed by atoms with Crippen molar-refractivity contribution in [1.82, 2.24) is 10.2 Å². The molecule has 2 aliphatic rings. The first-order valence-electron chi connectivity index (χ1n) is 20.6. The van der Waals surface area contributed by atoms with Gasteiger partial charge in [0.1, 0.15) is 18.1 Å². The van der Waals surface area contributed by atoms with Gasteiger partial charge in [0.25, 0.3) is 12.4 Å². The predicted molar refractivity (Wildman–Crippen MR) is 245 cm³/mol. The number of nitriles is 1. The molecule has 320 valence electrons. The Morgan fingerprint density at radius 1 is 0.905 bits per heavy atom. The molecule has 0 fully saturated rings. The highest BCUT2D eigenvalue weighted by molar-refractivity contribution is 6.42. The molecule has 0 saturated heterocycles. The molecular weight excluding hydrogens is 835 g/mol. The number of ether oxygens (including phenoxy) is 2. The van der Waals surface area contributed by atoms with Crippen molar-refractivity contribution in [3.05, 3.63) is 182 Å². The molecule has 2 N–H and O–H groups in total. The third-order valence-corrected chi connectivity index (χ3v) is 12.2. The molecule has 3 unspecified atom stereocenters. The van der Waals surface area contributed by atoms with Crippen molar-refractivity contribution in [3.63, 3.8) is 0 Å². The van der Waals surface area contributed by atoms with Gasteiger partial charge in [-0.25, -0.2) is 0 Å². The number of benzene rings is 6. The zero-order valence-electron chi connectivity index (χ0n) is 34.8. The maximum atomic E-state index is 14.2. The molecule has 6 aromatic carbocycles. The molecule has 0 bridgehead atoms. The van der Waals surface area contributed by atoms with E-state index in [1.165, 1.54) is 0 Å². The Labute approximate surface area is 377 Å². The number of nitrogens with zero attached hydrogens (tertiary/aromatic N) is 3. The summed E-state index contributed by atoms with van der Waals surface area (Å²) < 4.78 is 12.5. The smallest absolute Gasteiger partial charge is 0.290 e. The number of carbonyl (C=O) groups is 3. The molecule has 8 rings (SSSR count).